The predicted octanol–water partition coefficient (Wildman–Crippen LogP) is 6.37. The molecular weight excluding hydrogens is 386 g/mol. The van der Waals surface area contributed by atoms with Crippen LogP contribution in [0.3, 0.4) is 0 Å². The number of aromatic amines is 1. The van der Waals surface area contributed by atoms with Crippen LogP contribution in [0.2, 0.25) is 0 Å². The van der Waals surface area contributed by atoms with Crippen LogP contribution in [0, 0.1) is 3.95 Å². The van der Waals surface area contributed by atoms with Crippen LogP contribution in [-0.2, 0) is 0 Å². The molecule has 2 aromatic rings. The lowest BCUT2D eigenvalue weighted by Crippen LogP contribution is -2.45. The van der Waals surface area contributed by atoms with E-state index in [0.717, 1.165) is 32.9 Å². The average molecular weight is 412 g/mol. The topological polar surface area (TPSA) is 22.3 Å². The van der Waals surface area contributed by atoms with Crippen molar-refractivity contribution >= 4 is 67.8 Å². The van der Waals surface area contributed by atoms with E-state index in [1.165, 1.54) is 48.9 Å². The summed E-state index contributed by atoms with van der Waals surface area (Å²) in [6, 6.07) is 6.45. The maximum atomic E-state index is 5.61. The van der Waals surface area contributed by atoms with Crippen molar-refractivity contribution in [2.75, 3.05) is 24.0 Å². The minimum absolute atomic E-state index is 0.826. The molecule has 1 aromatic heterocycles. The molecule has 0 bridgehead atoms. The Kier molecular flexibility index (Phi) is 7.30. The number of anilines is 1. The fourth-order valence-corrected chi connectivity index (χ4v) is 5.36. The van der Waals surface area contributed by atoms with E-state index in [0.29, 0.717) is 0 Å². The number of thioether (sulfide) groups is 1. The van der Waals surface area contributed by atoms with Gasteiger partial charge in [0.25, 0.3) is 0 Å². The smallest absolute Gasteiger partial charge is 0.159 e. The van der Waals surface area contributed by atoms with E-state index in [9.17, 15) is 0 Å². The van der Waals surface area contributed by atoms with Gasteiger partial charge in [0.1, 0.15) is 4.32 Å². The van der Waals surface area contributed by atoms with Crippen LogP contribution in [0.5, 0.6) is 0 Å². The molecule has 0 spiro atoms. The summed E-state index contributed by atoms with van der Waals surface area (Å²) in [5.41, 5.74) is 2.28. The fourth-order valence-electron chi connectivity index (χ4n) is 3.06. The van der Waals surface area contributed by atoms with Gasteiger partial charge in [-0.05, 0) is 36.8 Å². The van der Waals surface area contributed by atoms with Gasteiger partial charge in [-0.25, -0.2) is 0 Å². The van der Waals surface area contributed by atoms with E-state index in [1.54, 1.807) is 23.1 Å². The van der Waals surface area contributed by atoms with Crippen molar-refractivity contribution in [2.45, 2.75) is 45.4 Å². The Morgan fingerprint density at radius 3 is 2.76 bits per heavy atom. The molecule has 1 N–H and O–H groups in total. The summed E-state index contributed by atoms with van der Waals surface area (Å²) in [6.07, 6.45) is 8.05. The molecule has 0 unspecified atom stereocenters. The van der Waals surface area contributed by atoms with Crippen molar-refractivity contribution in [1.29, 1.82) is 0 Å². The van der Waals surface area contributed by atoms with Crippen molar-refractivity contribution in [3.63, 3.8) is 0 Å². The highest BCUT2D eigenvalue weighted by Crippen LogP contribution is 2.30. The van der Waals surface area contributed by atoms with E-state index >= 15 is 0 Å². The molecule has 7 heteroatoms. The van der Waals surface area contributed by atoms with Gasteiger partial charge in [0.2, 0.25) is 0 Å². The van der Waals surface area contributed by atoms with Gasteiger partial charge in [0.05, 0.1) is 22.8 Å². The lowest BCUT2D eigenvalue weighted by molar-refractivity contribution is 0.318. The molecule has 136 valence electrons. The molecule has 1 aromatic carbocycles. The van der Waals surface area contributed by atoms with Crippen LogP contribution in [0.25, 0.3) is 10.2 Å². The lowest BCUT2D eigenvalue weighted by Gasteiger charge is -2.36. The SMILES string of the molecule is CCCCCCCCN1CSC(=S)N(c2ccc3[nH]c(=S)sc3c2)C1. The maximum Gasteiger partial charge on any atom is 0.159 e. The van der Waals surface area contributed by atoms with Crippen LogP contribution in [0.1, 0.15) is 45.4 Å². The van der Waals surface area contributed by atoms with Crippen molar-refractivity contribution in [1.82, 2.24) is 9.88 Å². The zero-order chi connectivity index (χ0) is 17.6. The first-order valence-electron chi connectivity index (χ1n) is 8.97. The zero-order valence-electron chi connectivity index (χ0n) is 14.6. The number of thiocarbonyl (C=S) groups is 1. The minimum atomic E-state index is 0.826. The molecule has 2 heterocycles. The molecule has 0 saturated carbocycles. The molecule has 0 amide bonds. The van der Waals surface area contributed by atoms with Gasteiger partial charge in [-0.3, -0.25) is 4.90 Å². The van der Waals surface area contributed by atoms with Gasteiger partial charge in [0, 0.05) is 12.2 Å². The Balaban J connectivity index is 1.58. The van der Waals surface area contributed by atoms with Gasteiger partial charge >= 0.3 is 0 Å². The van der Waals surface area contributed by atoms with Crippen LogP contribution in [0.4, 0.5) is 5.69 Å². The third-order valence-corrected chi connectivity index (χ3v) is 7.21. The van der Waals surface area contributed by atoms with Crippen molar-refractivity contribution in [3.05, 3.63) is 22.2 Å². The second-order valence-corrected chi connectivity index (χ2v) is 9.76. The summed E-state index contributed by atoms with van der Waals surface area (Å²) in [5.74, 6) is 1.01. The Bertz CT molecular complexity index is 767. The number of rotatable bonds is 8. The van der Waals surface area contributed by atoms with Crippen LogP contribution < -0.4 is 4.90 Å². The number of thiazole rings is 1. The summed E-state index contributed by atoms with van der Waals surface area (Å²) in [5, 5.41) is 0. The fraction of sp³-hybridized carbons (Fsp3) is 0.556. The molecule has 0 atom stereocenters. The third-order valence-electron chi connectivity index (χ3n) is 4.48. The van der Waals surface area contributed by atoms with Gasteiger partial charge in [-0.15, -0.1) is 11.3 Å². The first kappa shape index (κ1) is 19.3. The van der Waals surface area contributed by atoms with Gasteiger partial charge in [0.15, 0.2) is 3.95 Å². The van der Waals surface area contributed by atoms with Gasteiger partial charge in [-0.1, -0.05) is 63.0 Å². The summed E-state index contributed by atoms with van der Waals surface area (Å²) in [6.45, 7) is 4.31. The monoisotopic (exact) mass is 411 g/mol. The van der Waals surface area contributed by atoms with E-state index < -0.39 is 0 Å². The second-order valence-electron chi connectivity index (χ2n) is 6.47. The number of aromatic nitrogens is 1. The first-order chi connectivity index (χ1) is 12.2. The Morgan fingerprint density at radius 2 is 1.92 bits per heavy atom. The number of H-pyrrole nitrogens is 1. The second kappa shape index (κ2) is 9.46. The molecule has 25 heavy (non-hydrogen) atoms. The van der Waals surface area contributed by atoms with Crippen LogP contribution >= 0.6 is 47.5 Å². The Hall–Kier alpha value is -0.470. The lowest BCUT2D eigenvalue weighted by atomic mass is 10.1. The Morgan fingerprint density at radius 1 is 1.12 bits per heavy atom. The summed E-state index contributed by atoms with van der Waals surface area (Å²) >= 11 is 14.3. The van der Waals surface area contributed by atoms with Gasteiger partial charge < -0.3 is 9.88 Å². The maximum absolute atomic E-state index is 5.61. The zero-order valence-corrected chi connectivity index (χ0v) is 17.9. The number of unbranched alkanes of at least 4 members (excludes halogenated alkanes) is 5. The Labute approximate surface area is 168 Å². The highest BCUT2D eigenvalue weighted by atomic mass is 32.2. The number of fused-ring (bicyclic) bond motifs is 1. The number of nitrogens with zero attached hydrogens (tertiary/aromatic N) is 2. The number of hydrogen-bond donors (Lipinski definition) is 1. The average Bonchev–Trinajstić information content (AvgIpc) is 2.98. The minimum Gasteiger partial charge on any atom is -0.337 e. The molecule has 1 fully saturated rings. The standard InChI is InChI=1S/C18H25N3S4/c1-2-3-4-5-6-7-10-20-12-21(18(23)24-13-20)14-8-9-15-16(11-14)25-17(22)19-15/h8-9,11H,2-7,10,12-13H2,1H3,(H,19,22). The van der Waals surface area contributed by atoms with E-state index in [2.05, 4.69) is 39.9 Å². The molecule has 1 aliphatic heterocycles. The number of hydrogen-bond acceptors (Lipinski definition) is 5. The van der Waals surface area contributed by atoms with Crippen molar-refractivity contribution in [2.24, 2.45) is 0 Å². The van der Waals surface area contributed by atoms with E-state index in [4.69, 9.17) is 24.4 Å². The van der Waals surface area contributed by atoms with Crippen molar-refractivity contribution < 1.29 is 0 Å². The number of benzene rings is 1. The summed E-state index contributed by atoms with van der Waals surface area (Å²) in [4.78, 5) is 7.98. The molecule has 1 aliphatic rings. The van der Waals surface area contributed by atoms with E-state index in [1.807, 2.05) is 0 Å². The van der Waals surface area contributed by atoms with Crippen molar-refractivity contribution in [3.8, 4) is 0 Å². The van der Waals surface area contributed by atoms with E-state index in [-0.39, 0.29) is 0 Å². The molecule has 0 radical (unpaired) electrons. The third kappa shape index (κ3) is 5.26. The quantitative estimate of drug-likeness (QED) is 0.401. The molecule has 3 nitrogen and oxygen atoms in total. The molecular formula is C18H25N3S4. The number of nitrogens with one attached hydrogen (secondary N) is 1. The molecule has 0 aliphatic carbocycles. The predicted molar refractivity (Wildman–Crippen MR) is 119 cm³/mol. The van der Waals surface area contributed by atoms with Crippen LogP contribution in [-0.4, -0.2) is 33.3 Å². The largest absolute Gasteiger partial charge is 0.337 e. The first-order valence-corrected chi connectivity index (χ1v) is 11.6. The van der Waals surface area contributed by atoms with Crippen LogP contribution in [0.15, 0.2) is 18.2 Å². The molecule has 3 rings (SSSR count). The highest BCUT2D eigenvalue weighted by molar-refractivity contribution is 8.23. The molecule has 1 saturated heterocycles. The normalized spacial score (nSPS) is 16.0. The summed E-state index contributed by atoms with van der Waals surface area (Å²) < 4.78 is 2.99. The van der Waals surface area contributed by atoms with Gasteiger partial charge in [-0.2, -0.15) is 0 Å². The highest BCUT2D eigenvalue weighted by Gasteiger charge is 2.22. The summed E-state index contributed by atoms with van der Waals surface area (Å²) in [7, 11) is 0.